The number of nitrogen functional groups attached to an aromatic ring is 1. The lowest BCUT2D eigenvalue weighted by Gasteiger charge is -2.23. The summed E-state index contributed by atoms with van der Waals surface area (Å²) >= 11 is 3.47. The fourth-order valence-corrected chi connectivity index (χ4v) is 2.60. The van der Waals surface area contributed by atoms with Gasteiger partial charge in [-0.1, -0.05) is 34.1 Å². The highest BCUT2D eigenvalue weighted by Crippen LogP contribution is 2.34. The van der Waals surface area contributed by atoms with E-state index < -0.39 is 0 Å². The number of nitrogens with two attached hydrogens (primary N) is 2. The maximum absolute atomic E-state index is 6.10. The number of benzene rings is 2. The lowest BCUT2D eigenvalue weighted by molar-refractivity contribution is 0.238. The second kappa shape index (κ2) is 6.93. The minimum atomic E-state index is -0.238. The van der Waals surface area contributed by atoms with Crippen molar-refractivity contribution in [2.45, 2.75) is 26.0 Å². The van der Waals surface area contributed by atoms with E-state index in [9.17, 15) is 0 Å². The van der Waals surface area contributed by atoms with Crippen LogP contribution in [0, 0.1) is 0 Å². The van der Waals surface area contributed by atoms with E-state index in [1.165, 1.54) is 0 Å². The van der Waals surface area contributed by atoms with Gasteiger partial charge in [-0.05, 0) is 43.7 Å². The number of hydrazine groups is 1. The first kappa shape index (κ1) is 15.8. The molecule has 0 heterocycles. The summed E-state index contributed by atoms with van der Waals surface area (Å²) in [5.41, 5.74) is 11.5. The zero-order chi connectivity index (χ0) is 15.4. The van der Waals surface area contributed by atoms with Crippen LogP contribution in [-0.4, -0.2) is 6.10 Å². The Morgan fingerprint density at radius 1 is 1.10 bits per heavy atom. The number of para-hydroxylation sites is 1. The molecule has 0 aromatic heterocycles. The number of nitrogens with one attached hydrogen (secondary N) is 1. The third kappa shape index (κ3) is 3.75. The van der Waals surface area contributed by atoms with Gasteiger partial charge in [0.2, 0.25) is 0 Å². The van der Waals surface area contributed by atoms with Crippen LogP contribution in [0.15, 0.2) is 46.9 Å². The monoisotopic (exact) mass is 349 g/mol. The molecule has 1 unspecified atom stereocenters. The zero-order valence-electron chi connectivity index (χ0n) is 12.1. The Balaban J connectivity index is 2.49. The summed E-state index contributed by atoms with van der Waals surface area (Å²) in [6, 6.07) is 13.3. The van der Waals surface area contributed by atoms with Crippen LogP contribution in [-0.2, 0) is 0 Å². The van der Waals surface area contributed by atoms with Crippen molar-refractivity contribution in [1.82, 2.24) is 5.43 Å². The van der Waals surface area contributed by atoms with Crippen molar-refractivity contribution in [2.24, 2.45) is 5.84 Å². The van der Waals surface area contributed by atoms with Crippen molar-refractivity contribution in [3.63, 3.8) is 0 Å². The van der Waals surface area contributed by atoms with Gasteiger partial charge in [0.05, 0.1) is 12.1 Å². The van der Waals surface area contributed by atoms with Gasteiger partial charge < -0.3 is 10.5 Å². The number of hydrogen-bond donors (Lipinski definition) is 3. The highest BCUT2D eigenvalue weighted by Gasteiger charge is 2.19. The Morgan fingerprint density at radius 2 is 1.81 bits per heavy atom. The predicted octanol–water partition coefficient (Wildman–Crippen LogP) is 3.37. The molecule has 1 atom stereocenters. The molecule has 5 heteroatoms. The number of halogens is 1. The van der Waals surface area contributed by atoms with Gasteiger partial charge in [-0.15, -0.1) is 0 Å². The van der Waals surface area contributed by atoms with Crippen molar-refractivity contribution in [1.29, 1.82) is 0 Å². The highest BCUT2D eigenvalue weighted by molar-refractivity contribution is 9.10. The molecule has 0 amide bonds. The fraction of sp³-hybridized carbons (Fsp3) is 0.250. The molecule has 2 aromatic rings. The normalized spacial score (nSPS) is 12.4. The molecule has 0 aliphatic carbocycles. The average Bonchev–Trinajstić information content (AvgIpc) is 2.44. The molecule has 0 bridgehead atoms. The van der Waals surface area contributed by atoms with E-state index in [0.717, 1.165) is 21.3 Å². The molecule has 0 aliphatic rings. The predicted molar refractivity (Wildman–Crippen MR) is 89.9 cm³/mol. The van der Waals surface area contributed by atoms with Crippen molar-refractivity contribution in [3.8, 4) is 5.75 Å². The molecule has 0 fully saturated rings. The summed E-state index contributed by atoms with van der Waals surface area (Å²) in [4.78, 5) is 0. The summed E-state index contributed by atoms with van der Waals surface area (Å²) < 4.78 is 6.82. The third-order valence-corrected chi connectivity index (χ3v) is 3.61. The Labute approximate surface area is 133 Å². The average molecular weight is 350 g/mol. The molecule has 21 heavy (non-hydrogen) atoms. The minimum Gasteiger partial charge on any atom is -0.491 e. The van der Waals surface area contributed by atoms with Gasteiger partial charge in [0, 0.05) is 15.7 Å². The van der Waals surface area contributed by atoms with E-state index >= 15 is 0 Å². The first-order chi connectivity index (χ1) is 10.0. The summed E-state index contributed by atoms with van der Waals surface area (Å²) in [5, 5.41) is 0. The Hall–Kier alpha value is -1.56. The lowest BCUT2D eigenvalue weighted by Crippen LogP contribution is -2.30. The molecule has 5 N–H and O–H groups in total. The second-order valence-corrected chi connectivity index (χ2v) is 5.99. The quantitative estimate of drug-likeness (QED) is 0.439. The fourth-order valence-electron chi connectivity index (χ4n) is 2.22. The van der Waals surface area contributed by atoms with E-state index in [0.29, 0.717) is 5.69 Å². The SMILES string of the molecule is CC(C)Oc1ccccc1C(NN)c1cc(Br)ccc1N. The maximum Gasteiger partial charge on any atom is 0.124 e. The molecule has 0 saturated heterocycles. The van der Waals surface area contributed by atoms with Crippen LogP contribution >= 0.6 is 15.9 Å². The summed E-state index contributed by atoms with van der Waals surface area (Å²) in [6.07, 6.45) is 0.0874. The van der Waals surface area contributed by atoms with Gasteiger partial charge in [-0.25, -0.2) is 5.43 Å². The molecule has 2 aromatic carbocycles. The van der Waals surface area contributed by atoms with Crippen LogP contribution in [0.5, 0.6) is 5.75 Å². The molecule has 0 aliphatic heterocycles. The number of hydrogen-bond acceptors (Lipinski definition) is 4. The van der Waals surface area contributed by atoms with Crippen LogP contribution in [0.3, 0.4) is 0 Å². The van der Waals surface area contributed by atoms with E-state index in [1.54, 1.807) is 0 Å². The maximum atomic E-state index is 6.10. The van der Waals surface area contributed by atoms with Crippen LogP contribution in [0.1, 0.15) is 31.0 Å². The molecular weight excluding hydrogens is 330 g/mol. The highest BCUT2D eigenvalue weighted by atomic mass is 79.9. The molecule has 0 saturated carbocycles. The number of anilines is 1. The molecule has 0 radical (unpaired) electrons. The minimum absolute atomic E-state index is 0.0874. The van der Waals surface area contributed by atoms with Gasteiger partial charge in [0.25, 0.3) is 0 Å². The third-order valence-electron chi connectivity index (χ3n) is 3.12. The standard InChI is InChI=1S/C16H20BrN3O/c1-10(2)21-15-6-4-3-5-12(15)16(20-19)13-9-11(17)7-8-14(13)18/h3-10,16,20H,18-19H2,1-2H3. The van der Waals surface area contributed by atoms with Crippen molar-refractivity contribution >= 4 is 21.6 Å². The molecule has 4 nitrogen and oxygen atoms in total. The summed E-state index contributed by atoms with van der Waals surface area (Å²) in [5.74, 6) is 6.58. The van der Waals surface area contributed by atoms with Gasteiger partial charge >= 0.3 is 0 Å². The van der Waals surface area contributed by atoms with Crippen molar-refractivity contribution in [2.75, 3.05) is 5.73 Å². The lowest BCUT2D eigenvalue weighted by atomic mass is 9.97. The zero-order valence-corrected chi connectivity index (χ0v) is 13.7. The van der Waals surface area contributed by atoms with Crippen molar-refractivity contribution < 1.29 is 4.74 Å². The first-order valence-electron chi connectivity index (χ1n) is 6.79. The second-order valence-electron chi connectivity index (χ2n) is 5.08. The van der Waals surface area contributed by atoms with Crippen LogP contribution in [0.4, 0.5) is 5.69 Å². The smallest absolute Gasteiger partial charge is 0.124 e. The van der Waals surface area contributed by atoms with Gasteiger partial charge in [0.15, 0.2) is 0 Å². The van der Waals surface area contributed by atoms with E-state index in [4.69, 9.17) is 16.3 Å². The topological polar surface area (TPSA) is 73.3 Å². The van der Waals surface area contributed by atoms with Crippen molar-refractivity contribution in [3.05, 3.63) is 58.1 Å². The Bertz CT molecular complexity index is 616. The Kier molecular flexibility index (Phi) is 5.22. The van der Waals surface area contributed by atoms with Gasteiger partial charge in [-0.3, -0.25) is 5.84 Å². The van der Waals surface area contributed by atoms with Crippen LogP contribution in [0.2, 0.25) is 0 Å². The van der Waals surface area contributed by atoms with Gasteiger partial charge in [-0.2, -0.15) is 0 Å². The summed E-state index contributed by atoms with van der Waals surface area (Å²) in [7, 11) is 0. The van der Waals surface area contributed by atoms with E-state index in [2.05, 4.69) is 21.4 Å². The van der Waals surface area contributed by atoms with E-state index in [-0.39, 0.29) is 12.1 Å². The molecule has 0 spiro atoms. The van der Waals surface area contributed by atoms with Crippen LogP contribution in [0.25, 0.3) is 0 Å². The summed E-state index contributed by atoms with van der Waals surface area (Å²) in [6.45, 7) is 3.99. The largest absolute Gasteiger partial charge is 0.491 e. The van der Waals surface area contributed by atoms with Crippen LogP contribution < -0.4 is 21.7 Å². The molecular formula is C16H20BrN3O. The number of rotatable bonds is 5. The first-order valence-corrected chi connectivity index (χ1v) is 7.59. The number of ether oxygens (including phenoxy) is 1. The Morgan fingerprint density at radius 3 is 2.48 bits per heavy atom. The van der Waals surface area contributed by atoms with Gasteiger partial charge in [0.1, 0.15) is 5.75 Å². The van der Waals surface area contributed by atoms with E-state index in [1.807, 2.05) is 56.3 Å². The molecule has 2 rings (SSSR count). The molecule has 112 valence electrons.